The summed E-state index contributed by atoms with van der Waals surface area (Å²) < 4.78 is 5.09. The van der Waals surface area contributed by atoms with Crippen LogP contribution in [0.4, 0.5) is 0 Å². The van der Waals surface area contributed by atoms with Gasteiger partial charge in [0.25, 0.3) is 0 Å². The van der Waals surface area contributed by atoms with Crippen LogP contribution in [0.1, 0.15) is 53.9 Å². The van der Waals surface area contributed by atoms with Crippen LogP contribution in [0, 0.1) is 0 Å². The minimum atomic E-state index is 0. The average molecular weight is 231 g/mol. The number of amides is 1. The highest BCUT2D eigenvalue weighted by atomic mass is 16.5. The van der Waals surface area contributed by atoms with Crippen LogP contribution < -0.4 is 0 Å². The fourth-order valence-electron chi connectivity index (χ4n) is 1.79. The summed E-state index contributed by atoms with van der Waals surface area (Å²) in [6.07, 6.45) is 3.92. The highest BCUT2D eigenvalue weighted by molar-refractivity contribution is 5.78. The van der Waals surface area contributed by atoms with E-state index < -0.39 is 0 Å². The first-order valence-electron chi connectivity index (χ1n) is 6.08. The molecule has 98 valence electrons. The van der Waals surface area contributed by atoms with E-state index in [-0.39, 0.29) is 7.43 Å². The third-order valence-electron chi connectivity index (χ3n) is 2.56. The predicted octanol–water partition coefficient (Wildman–Crippen LogP) is 3.09. The molecule has 3 heteroatoms. The Hall–Kier alpha value is -0.570. The van der Waals surface area contributed by atoms with Gasteiger partial charge in [0.05, 0.1) is 12.6 Å². The number of rotatable bonds is 5. The van der Waals surface area contributed by atoms with Gasteiger partial charge in [-0.05, 0) is 12.8 Å². The van der Waals surface area contributed by atoms with Gasteiger partial charge in [-0.2, -0.15) is 0 Å². The number of ether oxygens (including phenoxy) is 1. The van der Waals surface area contributed by atoms with E-state index in [0.717, 1.165) is 25.8 Å². The lowest BCUT2D eigenvalue weighted by atomic mass is 10.2. The molecule has 3 nitrogen and oxygen atoms in total. The van der Waals surface area contributed by atoms with Crippen LogP contribution in [-0.2, 0) is 9.53 Å². The first-order valence-corrected chi connectivity index (χ1v) is 6.08. The first-order chi connectivity index (χ1) is 7.29. The zero-order valence-corrected chi connectivity index (χ0v) is 10.6. The standard InChI is InChI=1S/C10H19NO2.C2H6.CH4/c1-3-4-7-11-9(8-13-2)5-6-10(11)12;1-2;/h9H,3-8H2,1-2H3;1-2H3;1H4/t9-;;/m1../s1. The van der Waals surface area contributed by atoms with Gasteiger partial charge in [0.15, 0.2) is 0 Å². The topological polar surface area (TPSA) is 29.5 Å². The third kappa shape index (κ3) is 5.50. The molecule has 1 amide bonds. The molecule has 0 saturated carbocycles. The van der Waals surface area contributed by atoms with Gasteiger partial charge in [0, 0.05) is 20.1 Å². The molecule has 1 aliphatic rings. The molecule has 0 N–H and O–H groups in total. The van der Waals surface area contributed by atoms with Crippen molar-refractivity contribution in [3.05, 3.63) is 0 Å². The Balaban J connectivity index is 0. The van der Waals surface area contributed by atoms with Gasteiger partial charge in [-0.1, -0.05) is 34.6 Å². The molecule has 1 rings (SSSR count). The lowest BCUT2D eigenvalue weighted by Crippen LogP contribution is -2.36. The average Bonchev–Trinajstić information content (AvgIpc) is 2.61. The number of nitrogens with zero attached hydrogens (tertiary/aromatic N) is 1. The quantitative estimate of drug-likeness (QED) is 0.727. The van der Waals surface area contributed by atoms with E-state index >= 15 is 0 Å². The highest BCUT2D eigenvalue weighted by Crippen LogP contribution is 2.19. The van der Waals surface area contributed by atoms with Gasteiger partial charge in [0.1, 0.15) is 0 Å². The highest BCUT2D eigenvalue weighted by Gasteiger charge is 2.29. The lowest BCUT2D eigenvalue weighted by Gasteiger charge is -2.23. The molecule has 0 spiro atoms. The van der Waals surface area contributed by atoms with Crippen LogP contribution in [-0.4, -0.2) is 37.1 Å². The summed E-state index contributed by atoms with van der Waals surface area (Å²) in [7, 11) is 1.70. The molecule has 0 unspecified atom stereocenters. The van der Waals surface area contributed by atoms with E-state index in [1.165, 1.54) is 0 Å². The van der Waals surface area contributed by atoms with Gasteiger partial charge in [-0.15, -0.1) is 0 Å². The lowest BCUT2D eigenvalue weighted by molar-refractivity contribution is -0.129. The molecule has 0 aliphatic carbocycles. The van der Waals surface area contributed by atoms with Gasteiger partial charge >= 0.3 is 0 Å². The van der Waals surface area contributed by atoms with Crippen molar-refractivity contribution in [3.63, 3.8) is 0 Å². The van der Waals surface area contributed by atoms with E-state index in [0.29, 0.717) is 25.0 Å². The Morgan fingerprint density at radius 3 is 2.56 bits per heavy atom. The van der Waals surface area contributed by atoms with Crippen molar-refractivity contribution >= 4 is 5.91 Å². The first kappa shape index (κ1) is 17.8. The molecule has 1 atom stereocenters. The van der Waals surface area contributed by atoms with Crippen molar-refractivity contribution in [1.82, 2.24) is 4.90 Å². The minimum absolute atomic E-state index is 0. The van der Waals surface area contributed by atoms with Crippen LogP contribution in [0.5, 0.6) is 0 Å². The number of likely N-dealkylation sites (tertiary alicyclic amines) is 1. The molecule has 0 bridgehead atoms. The van der Waals surface area contributed by atoms with E-state index in [2.05, 4.69) is 6.92 Å². The Morgan fingerprint density at radius 1 is 1.44 bits per heavy atom. The fourth-order valence-corrected chi connectivity index (χ4v) is 1.79. The molecule has 0 aromatic carbocycles. The monoisotopic (exact) mass is 231 g/mol. The van der Waals surface area contributed by atoms with Gasteiger partial charge in [-0.3, -0.25) is 4.79 Å². The summed E-state index contributed by atoms with van der Waals surface area (Å²) in [6.45, 7) is 7.74. The van der Waals surface area contributed by atoms with Crippen molar-refractivity contribution in [2.45, 2.75) is 59.9 Å². The van der Waals surface area contributed by atoms with Crippen LogP contribution in [0.15, 0.2) is 0 Å². The predicted molar refractivity (Wildman–Crippen MR) is 69.6 cm³/mol. The van der Waals surface area contributed by atoms with Crippen molar-refractivity contribution in [3.8, 4) is 0 Å². The summed E-state index contributed by atoms with van der Waals surface area (Å²) >= 11 is 0. The maximum Gasteiger partial charge on any atom is 0.222 e. The maximum absolute atomic E-state index is 11.4. The zero-order valence-electron chi connectivity index (χ0n) is 10.6. The molecule has 1 saturated heterocycles. The molecule has 0 radical (unpaired) electrons. The Bertz CT molecular complexity index is 171. The van der Waals surface area contributed by atoms with Crippen molar-refractivity contribution < 1.29 is 9.53 Å². The summed E-state index contributed by atoms with van der Waals surface area (Å²) in [5.41, 5.74) is 0. The van der Waals surface area contributed by atoms with Crippen molar-refractivity contribution in [2.75, 3.05) is 20.3 Å². The molecule has 1 fully saturated rings. The molecule has 16 heavy (non-hydrogen) atoms. The number of hydrogen-bond donors (Lipinski definition) is 0. The summed E-state index contributed by atoms with van der Waals surface area (Å²) in [6, 6.07) is 0.337. The molecular formula is C13H29NO2. The minimum Gasteiger partial charge on any atom is -0.383 e. The van der Waals surface area contributed by atoms with Crippen molar-refractivity contribution in [2.24, 2.45) is 0 Å². The number of carbonyl (C=O) groups excluding carboxylic acids is 1. The number of hydrogen-bond acceptors (Lipinski definition) is 2. The van der Waals surface area contributed by atoms with Crippen molar-refractivity contribution in [1.29, 1.82) is 0 Å². The molecule has 1 aliphatic heterocycles. The van der Waals surface area contributed by atoms with Crippen LogP contribution in [0.25, 0.3) is 0 Å². The smallest absolute Gasteiger partial charge is 0.222 e. The largest absolute Gasteiger partial charge is 0.383 e. The van der Waals surface area contributed by atoms with E-state index in [4.69, 9.17) is 4.74 Å². The zero-order chi connectivity index (χ0) is 11.7. The van der Waals surface area contributed by atoms with Gasteiger partial charge in [-0.25, -0.2) is 0 Å². The molecule has 0 aromatic heterocycles. The number of unbranched alkanes of at least 4 members (excludes halogenated alkanes) is 1. The van der Waals surface area contributed by atoms with Crippen LogP contribution in [0.2, 0.25) is 0 Å². The second kappa shape index (κ2) is 10.9. The summed E-state index contributed by atoms with van der Waals surface area (Å²) in [5, 5.41) is 0. The molecule has 1 heterocycles. The van der Waals surface area contributed by atoms with E-state index in [1.54, 1.807) is 7.11 Å². The van der Waals surface area contributed by atoms with E-state index in [1.807, 2.05) is 18.7 Å². The van der Waals surface area contributed by atoms with Crippen LogP contribution in [0.3, 0.4) is 0 Å². The Kier molecular flexibility index (Phi) is 12.2. The Morgan fingerprint density at radius 2 is 2.06 bits per heavy atom. The molecule has 0 aromatic rings. The summed E-state index contributed by atoms with van der Waals surface area (Å²) in [4.78, 5) is 13.4. The second-order valence-electron chi connectivity index (χ2n) is 3.59. The third-order valence-corrected chi connectivity index (χ3v) is 2.56. The normalized spacial score (nSPS) is 18.9. The Labute approximate surface area is 101 Å². The number of methoxy groups -OCH3 is 1. The van der Waals surface area contributed by atoms with Gasteiger partial charge in [0.2, 0.25) is 5.91 Å². The number of carbonyl (C=O) groups is 1. The second-order valence-corrected chi connectivity index (χ2v) is 3.59. The van der Waals surface area contributed by atoms with Gasteiger partial charge < -0.3 is 9.64 Å². The fraction of sp³-hybridized carbons (Fsp3) is 0.923. The maximum atomic E-state index is 11.4. The molecular weight excluding hydrogens is 202 g/mol. The van der Waals surface area contributed by atoms with E-state index in [9.17, 15) is 4.79 Å². The SMILES string of the molecule is C.CC.CCCCN1C(=O)CC[C@@H]1COC. The summed E-state index contributed by atoms with van der Waals surface area (Å²) in [5.74, 6) is 0.301. The van der Waals surface area contributed by atoms with Crippen LogP contribution >= 0.6 is 0 Å².